The van der Waals surface area contributed by atoms with E-state index in [9.17, 15) is 4.79 Å². The number of nitrogens with zero attached hydrogens (tertiary/aromatic N) is 2. The van der Waals surface area contributed by atoms with Crippen molar-refractivity contribution in [2.24, 2.45) is 0 Å². The number of hydrogen-bond donors (Lipinski definition) is 1. The Labute approximate surface area is 123 Å². The highest BCUT2D eigenvalue weighted by molar-refractivity contribution is 9.10. The highest BCUT2D eigenvalue weighted by Crippen LogP contribution is 2.16. The van der Waals surface area contributed by atoms with Gasteiger partial charge in [0.2, 0.25) is 11.0 Å². The molecule has 19 heavy (non-hydrogen) atoms. The molecule has 0 aliphatic rings. The van der Waals surface area contributed by atoms with Crippen molar-refractivity contribution >= 4 is 38.3 Å². The molecule has 0 bridgehead atoms. The number of anilines is 1. The van der Waals surface area contributed by atoms with Gasteiger partial charge in [-0.2, -0.15) is 0 Å². The molecule has 5 nitrogen and oxygen atoms in total. The molecule has 0 atom stereocenters. The van der Waals surface area contributed by atoms with Crippen LogP contribution >= 0.6 is 27.3 Å². The lowest BCUT2D eigenvalue weighted by Gasteiger charge is -2.01. The fourth-order valence-electron chi connectivity index (χ4n) is 1.44. The number of hydrogen-bond acceptors (Lipinski definition) is 5. The summed E-state index contributed by atoms with van der Waals surface area (Å²) in [6.45, 7) is 0.403. The summed E-state index contributed by atoms with van der Waals surface area (Å²) in [5.41, 5.74) is 0.947. The Morgan fingerprint density at radius 3 is 2.79 bits per heavy atom. The second-order valence-corrected chi connectivity index (χ2v) is 5.76. The van der Waals surface area contributed by atoms with Crippen LogP contribution in [0.1, 0.15) is 10.6 Å². The average molecular weight is 342 g/mol. The van der Waals surface area contributed by atoms with Crippen LogP contribution in [0.3, 0.4) is 0 Å². The van der Waals surface area contributed by atoms with E-state index in [-0.39, 0.29) is 5.91 Å². The fraction of sp³-hybridized carbons (Fsp3) is 0.250. The first-order chi connectivity index (χ1) is 9.17. The molecule has 0 radical (unpaired) electrons. The van der Waals surface area contributed by atoms with Crippen molar-refractivity contribution < 1.29 is 9.53 Å². The maximum Gasteiger partial charge on any atom is 0.230 e. The molecule has 0 saturated carbocycles. The maximum atomic E-state index is 11.8. The first-order valence-electron chi connectivity index (χ1n) is 5.53. The van der Waals surface area contributed by atoms with E-state index in [0.29, 0.717) is 18.2 Å². The minimum absolute atomic E-state index is 0.109. The topological polar surface area (TPSA) is 64.1 Å². The highest BCUT2D eigenvalue weighted by atomic mass is 79.9. The Kier molecular flexibility index (Phi) is 5.00. The summed E-state index contributed by atoms with van der Waals surface area (Å²) in [7, 11) is 1.59. The van der Waals surface area contributed by atoms with Gasteiger partial charge >= 0.3 is 0 Å². The van der Waals surface area contributed by atoms with Crippen LogP contribution in [-0.2, 0) is 22.6 Å². The summed E-state index contributed by atoms with van der Waals surface area (Å²) >= 11 is 4.67. The van der Waals surface area contributed by atoms with Gasteiger partial charge in [-0.05, 0) is 17.7 Å². The van der Waals surface area contributed by atoms with Crippen LogP contribution in [0.4, 0.5) is 5.13 Å². The van der Waals surface area contributed by atoms with Crippen LogP contribution < -0.4 is 5.32 Å². The van der Waals surface area contributed by atoms with Gasteiger partial charge in [0.1, 0.15) is 11.6 Å². The van der Waals surface area contributed by atoms with E-state index in [2.05, 4.69) is 31.4 Å². The van der Waals surface area contributed by atoms with Crippen molar-refractivity contribution in [1.29, 1.82) is 0 Å². The van der Waals surface area contributed by atoms with Gasteiger partial charge < -0.3 is 10.1 Å². The Balaban J connectivity index is 1.91. The highest BCUT2D eigenvalue weighted by Gasteiger charge is 2.08. The third-order valence-corrected chi connectivity index (χ3v) is 3.60. The molecular weight excluding hydrogens is 330 g/mol. The molecule has 7 heteroatoms. The summed E-state index contributed by atoms with van der Waals surface area (Å²) in [4.78, 5) is 11.8. The third-order valence-electron chi connectivity index (χ3n) is 2.26. The summed E-state index contributed by atoms with van der Waals surface area (Å²) < 4.78 is 5.93. The molecule has 100 valence electrons. The van der Waals surface area contributed by atoms with Crippen molar-refractivity contribution in [1.82, 2.24) is 10.2 Å². The lowest BCUT2D eigenvalue weighted by Crippen LogP contribution is -2.14. The first-order valence-corrected chi connectivity index (χ1v) is 7.14. The third kappa shape index (κ3) is 4.38. The predicted molar refractivity (Wildman–Crippen MR) is 77.1 cm³/mol. The lowest BCUT2D eigenvalue weighted by atomic mass is 10.1. The first kappa shape index (κ1) is 14.1. The number of halogens is 1. The van der Waals surface area contributed by atoms with E-state index in [1.165, 1.54) is 11.3 Å². The van der Waals surface area contributed by atoms with E-state index in [1.54, 1.807) is 7.11 Å². The molecule has 1 aromatic heterocycles. The zero-order valence-corrected chi connectivity index (χ0v) is 12.6. The van der Waals surface area contributed by atoms with Gasteiger partial charge in [0.15, 0.2) is 0 Å². The molecule has 0 saturated heterocycles. The monoisotopic (exact) mass is 341 g/mol. The van der Waals surface area contributed by atoms with Crippen molar-refractivity contribution in [3.63, 3.8) is 0 Å². The molecule has 0 aliphatic carbocycles. The molecule has 1 heterocycles. The van der Waals surface area contributed by atoms with Crippen LogP contribution in [0.15, 0.2) is 28.7 Å². The summed E-state index contributed by atoms with van der Waals surface area (Å²) in [5.74, 6) is -0.109. The maximum absolute atomic E-state index is 11.8. The quantitative estimate of drug-likeness (QED) is 0.907. The number of amides is 1. The van der Waals surface area contributed by atoms with Gasteiger partial charge in [-0.1, -0.05) is 39.4 Å². The number of ether oxygens (including phenoxy) is 1. The summed E-state index contributed by atoms with van der Waals surface area (Å²) in [6.07, 6.45) is 0.312. The normalized spacial score (nSPS) is 10.4. The molecule has 1 N–H and O–H groups in total. The molecule has 0 unspecified atom stereocenters. The zero-order valence-electron chi connectivity index (χ0n) is 10.2. The molecule has 0 aliphatic heterocycles. The van der Waals surface area contributed by atoms with Crippen LogP contribution in [-0.4, -0.2) is 23.2 Å². The van der Waals surface area contributed by atoms with Crippen LogP contribution in [0.5, 0.6) is 0 Å². The molecule has 0 spiro atoms. The standard InChI is InChI=1S/C12H12BrN3O2S/c1-18-7-11-15-16-12(19-11)14-10(17)6-8-2-4-9(13)5-3-8/h2-5H,6-7H2,1H3,(H,14,16,17). The molecule has 2 rings (SSSR count). The van der Waals surface area contributed by atoms with Gasteiger partial charge in [-0.15, -0.1) is 10.2 Å². The number of rotatable bonds is 5. The predicted octanol–water partition coefficient (Wildman–Crippen LogP) is 2.63. The second kappa shape index (κ2) is 6.74. The van der Waals surface area contributed by atoms with Crippen molar-refractivity contribution in [3.05, 3.63) is 39.3 Å². The lowest BCUT2D eigenvalue weighted by molar-refractivity contribution is -0.115. The zero-order chi connectivity index (χ0) is 13.7. The van der Waals surface area contributed by atoms with Crippen LogP contribution in [0, 0.1) is 0 Å². The van der Waals surface area contributed by atoms with E-state index < -0.39 is 0 Å². The Hall–Kier alpha value is -1.31. The average Bonchev–Trinajstić information content (AvgIpc) is 2.80. The number of carbonyl (C=O) groups is 1. The van der Waals surface area contributed by atoms with Crippen molar-refractivity contribution in [2.45, 2.75) is 13.0 Å². The summed E-state index contributed by atoms with van der Waals surface area (Å²) in [5, 5.41) is 11.7. The fourth-order valence-corrected chi connectivity index (χ4v) is 2.43. The minimum Gasteiger partial charge on any atom is -0.377 e. The number of methoxy groups -OCH3 is 1. The van der Waals surface area contributed by atoms with Crippen LogP contribution in [0.2, 0.25) is 0 Å². The van der Waals surface area contributed by atoms with E-state index in [1.807, 2.05) is 24.3 Å². The molecule has 1 amide bonds. The number of benzene rings is 1. The Morgan fingerprint density at radius 2 is 2.11 bits per heavy atom. The van der Waals surface area contributed by atoms with Gasteiger partial charge in [0.25, 0.3) is 0 Å². The smallest absolute Gasteiger partial charge is 0.230 e. The van der Waals surface area contributed by atoms with Gasteiger partial charge in [-0.25, -0.2) is 0 Å². The minimum atomic E-state index is -0.109. The number of nitrogens with one attached hydrogen (secondary N) is 1. The Bertz CT molecular complexity index is 556. The molecular formula is C12H12BrN3O2S. The molecule has 1 aromatic carbocycles. The van der Waals surface area contributed by atoms with E-state index in [0.717, 1.165) is 15.0 Å². The number of carbonyl (C=O) groups excluding carboxylic acids is 1. The van der Waals surface area contributed by atoms with Gasteiger partial charge in [0.05, 0.1) is 6.42 Å². The van der Waals surface area contributed by atoms with Gasteiger partial charge in [0, 0.05) is 11.6 Å². The van der Waals surface area contributed by atoms with Crippen molar-refractivity contribution in [2.75, 3.05) is 12.4 Å². The van der Waals surface area contributed by atoms with E-state index >= 15 is 0 Å². The second-order valence-electron chi connectivity index (χ2n) is 3.79. The molecule has 2 aromatic rings. The van der Waals surface area contributed by atoms with Crippen molar-refractivity contribution in [3.8, 4) is 0 Å². The largest absolute Gasteiger partial charge is 0.377 e. The Morgan fingerprint density at radius 1 is 1.37 bits per heavy atom. The van der Waals surface area contributed by atoms with Crippen LogP contribution in [0.25, 0.3) is 0 Å². The SMILES string of the molecule is COCc1nnc(NC(=O)Cc2ccc(Br)cc2)s1. The molecule has 0 fully saturated rings. The number of aromatic nitrogens is 2. The summed E-state index contributed by atoms with van der Waals surface area (Å²) in [6, 6.07) is 7.62. The van der Waals surface area contributed by atoms with Gasteiger partial charge in [-0.3, -0.25) is 4.79 Å². The van der Waals surface area contributed by atoms with E-state index in [4.69, 9.17) is 4.74 Å².